The summed E-state index contributed by atoms with van der Waals surface area (Å²) < 4.78 is 55.3. The predicted molar refractivity (Wildman–Crippen MR) is 80.2 cm³/mol. The largest absolute Gasteiger partial charge is 0.457 e. The van der Waals surface area contributed by atoms with Crippen LogP contribution < -0.4 is 15.2 Å². The smallest absolute Gasteiger partial charge is 0.444 e. The van der Waals surface area contributed by atoms with E-state index in [1.807, 2.05) is 0 Å². The quantitative estimate of drug-likeness (QED) is 0.717. The molecule has 0 saturated heterocycles. The van der Waals surface area contributed by atoms with Gasteiger partial charge in [-0.1, -0.05) is 23.3 Å². The van der Waals surface area contributed by atoms with Crippen molar-refractivity contribution >= 4 is 0 Å². The number of para-hydroxylation sites is 1. The number of nitrogens with zero attached hydrogens (tertiary/aromatic N) is 2. The molecule has 0 atom stereocenters. The lowest BCUT2D eigenvalue weighted by Gasteiger charge is -2.14. The zero-order chi connectivity index (χ0) is 18.0. The highest BCUT2D eigenvalue weighted by Crippen LogP contribution is 2.36. The third-order valence-electron chi connectivity index (χ3n) is 3.18. The SMILES string of the molecule is COc1nn(-c2ccc(Oc3ccccc3)cc2C(F)(F)F)c(=O)o1. The van der Waals surface area contributed by atoms with Crippen molar-refractivity contribution in [2.75, 3.05) is 7.11 Å². The van der Waals surface area contributed by atoms with Gasteiger partial charge in [0.2, 0.25) is 0 Å². The maximum Gasteiger partial charge on any atom is 0.444 e. The van der Waals surface area contributed by atoms with E-state index < -0.39 is 29.3 Å². The fourth-order valence-electron chi connectivity index (χ4n) is 2.11. The monoisotopic (exact) mass is 352 g/mol. The minimum atomic E-state index is -4.74. The molecule has 1 aromatic heterocycles. The molecule has 0 fully saturated rings. The van der Waals surface area contributed by atoms with Gasteiger partial charge in [0.15, 0.2) is 0 Å². The summed E-state index contributed by atoms with van der Waals surface area (Å²) in [6, 6.07) is 11.5. The van der Waals surface area contributed by atoms with Crippen LogP contribution in [0.1, 0.15) is 5.56 Å². The number of hydrogen-bond donors (Lipinski definition) is 0. The van der Waals surface area contributed by atoms with Gasteiger partial charge in [0.1, 0.15) is 11.5 Å². The number of halogens is 3. The van der Waals surface area contributed by atoms with Crippen molar-refractivity contribution in [2.45, 2.75) is 6.18 Å². The molecule has 1 heterocycles. The normalized spacial score (nSPS) is 11.4. The van der Waals surface area contributed by atoms with E-state index in [4.69, 9.17) is 4.74 Å². The Balaban J connectivity index is 2.07. The molecule has 0 radical (unpaired) electrons. The molecule has 25 heavy (non-hydrogen) atoms. The van der Waals surface area contributed by atoms with E-state index in [-0.39, 0.29) is 5.75 Å². The van der Waals surface area contributed by atoms with E-state index in [1.54, 1.807) is 30.3 Å². The first kappa shape index (κ1) is 16.6. The van der Waals surface area contributed by atoms with Gasteiger partial charge in [0, 0.05) is 0 Å². The van der Waals surface area contributed by atoms with Crippen molar-refractivity contribution in [3.63, 3.8) is 0 Å². The first-order chi connectivity index (χ1) is 11.9. The van der Waals surface area contributed by atoms with Crippen molar-refractivity contribution in [3.05, 3.63) is 64.6 Å². The maximum absolute atomic E-state index is 13.4. The molecule has 0 aliphatic heterocycles. The van der Waals surface area contributed by atoms with Gasteiger partial charge in [-0.2, -0.15) is 17.9 Å². The number of benzene rings is 2. The van der Waals surface area contributed by atoms with E-state index >= 15 is 0 Å². The number of alkyl halides is 3. The summed E-state index contributed by atoms with van der Waals surface area (Å²) in [5, 5.41) is 3.56. The number of aromatic nitrogens is 2. The second-order valence-corrected chi connectivity index (χ2v) is 4.84. The highest BCUT2D eigenvalue weighted by atomic mass is 19.4. The zero-order valence-electron chi connectivity index (χ0n) is 12.8. The maximum atomic E-state index is 13.4. The Morgan fingerprint density at radius 2 is 1.80 bits per heavy atom. The molecule has 0 N–H and O–H groups in total. The minimum Gasteiger partial charge on any atom is -0.457 e. The first-order valence-electron chi connectivity index (χ1n) is 6.97. The van der Waals surface area contributed by atoms with Gasteiger partial charge in [-0.15, -0.1) is 0 Å². The van der Waals surface area contributed by atoms with Gasteiger partial charge in [-0.3, -0.25) is 0 Å². The summed E-state index contributed by atoms with van der Waals surface area (Å²) in [4.78, 5) is 11.7. The number of hydrogen-bond acceptors (Lipinski definition) is 5. The van der Waals surface area contributed by atoms with E-state index in [1.165, 1.54) is 13.2 Å². The summed E-state index contributed by atoms with van der Waals surface area (Å²) in [6.07, 6.45) is -5.18. The molecule has 6 nitrogen and oxygen atoms in total. The van der Waals surface area contributed by atoms with Gasteiger partial charge in [-0.05, 0) is 30.3 Å². The molecular formula is C16H11F3N2O4. The second kappa shape index (κ2) is 6.34. The Bertz CT molecular complexity index is 933. The van der Waals surface area contributed by atoms with Crippen LogP contribution in [0.15, 0.2) is 57.7 Å². The standard InChI is InChI=1S/C16H11F3N2O4/c1-23-14-20-21(15(22)25-14)13-8-7-11(9-12(13)16(17,18)19)24-10-5-3-2-4-6-10/h2-9H,1H3. The topological polar surface area (TPSA) is 66.5 Å². The van der Waals surface area contributed by atoms with Crippen molar-refractivity contribution in [1.82, 2.24) is 9.78 Å². The molecule has 0 unspecified atom stereocenters. The van der Waals surface area contributed by atoms with Crippen LogP contribution in [0.4, 0.5) is 13.2 Å². The van der Waals surface area contributed by atoms with Crippen LogP contribution in [-0.2, 0) is 6.18 Å². The molecule has 0 amide bonds. The van der Waals surface area contributed by atoms with Crippen molar-refractivity contribution in [3.8, 4) is 23.3 Å². The van der Waals surface area contributed by atoms with E-state index in [2.05, 4.69) is 14.3 Å². The van der Waals surface area contributed by atoms with Crippen molar-refractivity contribution < 1.29 is 27.1 Å². The molecule has 0 saturated carbocycles. The number of ether oxygens (including phenoxy) is 2. The molecule has 130 valence electrons. The zero-order valence-corrected chi connectivity index (χ0v) is 12.8. The Morgan fingerprint density at radius 3 is 2.40 bits per heavy atom. The van der Waals surface area contributed by atoms with E-state index in [0.29, 0.717) is 10.4 Å². The van der Waals surface area contributed by atoms with Gasteiger partial charge in [0.05, 0.1) is 18.4 Å². The fourth-order valence-corrected chi connectivity index (χ4v) is 2.11. The lowest BCUT2D eigenvalue weighted by molar-refractivity contribution is -0.137. The predicted octanol–water partition coefficient (Wildman–Crippen LogP) is 3.65. The first-order valence-corrected chi connectivity index (χ1v) is 6.97. The second-order valence-electron chi connectivity index (χ2n) is 4.84. The van der Waals surface area contributed by atoms with Crippen LogP contribution >= 0.6 is 0 Å². The lowest BCUT2D eigenvalue weighted by atomic mass is 10.1. The third kappa shape index (κ3) is 3.49. The van der Waals surface area contributed by atoms with Gasteiger partial charge in [-0.25, -0.2) is 4.79 Å². The molecular weight excluding hydrogens is 341 g/mol. The number of rotatable bonds is 4. The van der Waals surface area contributed by atoms with E-state index in [9.17, 15) is 18.0 Å². The van der Waals surface area contributed by atoms with Crippen molar-refractivity contribution in [2.24, 2.45) is 0 Å². The molecule has 0 spiro atoms. The van der Waals surface area contributed by atoms with Crippen LogP contribution in [0.25, 0.3) is 5.69 Å². The lowest BCUT2D eigenvalue weighted by Crippen LogP contribution is -2.19. The summed E-state index contributed by atoms with van der Waals surface area (Å²) in [6.45, 7) is 0. The molecule has 0 aliphatic carbocycles. The van der Waals surface area contributed by atoms with Crippen molar-refractivity contribution in [1.29, 1.82) is 0 Å². The Kier molecular flexibility index (Phi) is 4.22. The third-order valence-corrected chi connectivity index (χ3v) is 3.18. The van der Waals surface area contributed by atoms with Crippen LogP contribution in [0, 0.1) is 0 Å². The van der Waals surface area contributed by atoms with Gasteiger partial charge in [0.25, 0.3) is 0 Å². The molecule has 3 aromatic rings. The van der Waals surface area contributed by atoms with Crippen LogP contribution in [0.2, 0.25) is 0 Å². The Morgan fingerprint density at radius 1 is 1.08 bits per heavy atom. The van der Waals surface area contributed by atoms with E-state index in [0.717, 1.165) is 12.1 Å². The molecule has 0 aliphatic rings. The summed E-state index contributed by atoms with van der Waals surface area (Å²) in [5.74, 6) is -0.756. The Labute approximate surface area is 139 Å². The summed E-state index contributed by atoms with van der Waals surface area (Å²) in [5.41, 5.74) is -1.59. The van der Waals surface area contributed by atoms with Gasteiger partial charge < -0.3 is 13.9 Å². The van der Waals surface area contributed by atoms with Crippen LogP contribution in [0.3, 0.4) is 0 Å². The van der Waals surface area contributed by atoms with Crippen LogP contribution in [-0.4, -0.2) is 16.9 Å². The molecule has 2 aromatic carbocycles. The minimum absolute atomic E-state index is 0.0363. The molecule has 3 rings (SSSR count). The summed E-state index contributed by atoms with van der Waals surface area (Å²) in [7, 11) is 1.18. The highest BCUT2D eigenvalue weighted by molar-refractivity contribution is 5.47. The van der Waals surface area contributed by atoms with Crippen LogP contribution in [0.5, 0.6) is 17.6 Å². The molecule has 0 bridgehead atoms. The average Bonchev–Trinajstić information content (AvgIpc) is 2.96. The highest BCUT2D eigenvalue weighted by Gasteiger charge is 2.35. The average molecular weight is 352 g/mol. The molecule has 9 heteroatoms. The summed E-state index contributed by atoms with van der Waals surface area (Å²) >= 11 is 0. The number of methoxy groups -OCH3 is 1. The Hall–Kier alpha value is -3.23. The fraction of sp³-hybridized carbons (Fsp3) is 0.125. The van der Waals surface area contributed by atoms with Gasteiger partial charge >= 0.3 is 18.0 Å².